The Hall–Kier alpha value is -14.3. The quantitative estimate of drug-likeness (QED) is 0.0157. The molecule has 4 N–H and O–H groups in total. The van der Waals surface area contributed by atoms with Gasteiger partial charge in [-0.3, -0.25) is 76.7 Å². The first kappa shape index (κ1) is 115. The first-order valence-corrected chi connectivity index (χ1v) is 44.0. The van der Waals surface area contributed by atoms with Gasteiger partial charge in [-0.1, -0.05) is 0 Å². The molecule has 6 saturated heterocycles. The first-order chi connectivity index (χ1) is 69.0. The summed E-state index contributed by atoms with van der Waals surface area (Å²) in [5, 5.41) is 41.2. The Labute approximate surface area is 810 Å². The minimum absolute atomic E-state index is 0.0123. The van der Waals surface area contributed by atoms with Gasteiger partial charge in [0.15, 0.2) is 0 Å². The summed E-state index contributed by atoms with van der Waals surface area (Å²) >= 11 is 0. The van der Waals surface area contributed by atoms with Crippen LogP contribution in [0.2, 0.25) is 0 Å². The number of ether oxygens (including phenoxy) is 18. The lowest BCUT2D eigenvalue weighted by Gasteiger charge is -2.33. The summed E-state index contributed by atoms with van der Waals surface area (Å²) < 4.78 is 105. The van der Waals surface area contributed by atoms with Crippen molar-refractivity contribution < 1.29 is 259 Å². The van der Waals surface area contributed by atoms with Crippen LogP contribution in [0.5, 0.6) is 23.5 Å². The van der Waals surface area contributed by atoms with Gasteiger partial charge in [-0.05, 0) is 12.8 Å². The van der Waals surface area contributed by atoms with Gasteiger partial charge < -0.3 is 144 Å². The van der Waals surface area contributed by atoms with E-state index in [1.165, 1.54) is 0 Å². The summed E-state index contributed by atoms with van der Waals surface area (Å²) in [6.45, 7) is -15.7. The molecule has 0 spiro atoms. The van der Waals surface area contributed by atoms with E-state index in [-0.39, 0.29) is 147 Å². The minimum atomic E-state index is -1.70. The zero-order valence-electron chi connectivity index (χ0n) is 76.7. The van der Waals surface area contributed by atoms with Crippen molar-refractivity contribution in [1.82, 2.24) is 39.8 Å². The number of hydrogen-bond donors (Lipinski definition) is 4. The molecule has 0 aromatic carbocycles. The number of esters is 4. The van der Waals surface area contributed by atoms with E-state index in [0.717, 1.165) is 24.3 Å². The fourth-order valence-corrected chi connectivity index (χ4v) is 12.5. The normalized spacial score (nSPS) is 16.1. The van der Waals surface area contributed by atoms with Crippen LogP contribution in [0.25, 0.3) is 0 Å². The number of amides is 12. The smallest absolute Gasteiger partial charge is 0.358 e. The minimum Gasteiger partial charge on any atom is -0.492 e. The number of carbonyl (C=O) groups excluding carboxylic acids is 24. The van der Waals surface area contributed by atoms with Crippen molar-refractivity contribution in [2.24, 2.45) is 0 Å². The van der Waals surface area contributed by atoms with Gasteiger partial charge >= 0.3 is 71.6 Å². The average molecular weight is 2060 g/mol. The fraction of sp³-hybridized carbons (Fsp3) is 0.610. The van der Waals surface area contributed by atoms with Crippen LogP contribution in [0, 0.1) is 0 Å². The van der Waals surface area contributed by atoms with E-state index in [2.05, 4.69) is 0 Å². The second-order valence-electron chi connectivity index (χ2n) is 30.0. The third-order valence-corrected chi connectivity index (χ3v) is 19.2. The molecular formula is C82H102N8O54. The molecule has 12 amide bonds. The molecule has 8 rings (SSSR count). The third kappa shape index (κ3) is 39.9. The number of aromatic nitrogens is 2. The number of hydrogen-bond acceptors (Lipinski definition) is 54. The summed E-state index contributed by atoms with van der Waals surface area (Å²) in [6, 6.07) is 4.05. The van der Waals surface area contributed by atoms with Gasteiger partial charge in [-0.15, -0.1) is 39.8 Å². The molecule has 62 nitrogen and oxygen atoms in total. The number of imide groups is 6. The van der Waals surface area contributed by atoms with Crippen molar-refractivity contribution >= 4 is 143 Å². The lowest BCUT2D eigenvalue weighted by Crippen LogP contribution is -2.48. The van der Waals surface area contributed by atoms with Crippen LogP contribution in [-0.2, 0) is 229 Å². The molecule has 8 heterocycles. The monoisotopic (exact) mass is 2060 g/mol. The molecule has 6 atom stereocenters. The molecular weight excluding hydrogens is 1960 g/mol. The van der Waals surface area contributed by atoms with E-state index >= 15 is 0 Å². The van der Waals surface area contributed by atoms with E-state index in [9.17, 15) is 135 Å². The van der Waals surface area contributed by atoms with Crippen LogP contribution >= 0.6 is 0 Å². The number of rotatable bonds is 71. The highest BCUT2D eigenvalue weighted by Crippen LogP contribution is 2.25. The molecule has 0 radical (unpaired) electrons. The maximum absolute atomic E-state index is 13.1. The molecule has 794 valence electrons. The predicted molar refractivity (Wildman–Crippen MR) is 438 cm³/mol. The SMILES string of the molecule is O=C(CC(=O)ON1C(=O)CCC1=O)OCCOCC(OCCOC(=O)CC(=O)ON1C(=O)CCC1=O)C(OCCOC(=O)CC(=O)ON1C(=O)CCC1=O)C(COCCCCOCC(OCCOCC(=O)ON1C(=O)CCC1=O)C(OCCOCC(=O)ON1C(=O)CCC1=O)C(COCCOCC(=O)On1c(O)ccc1O)OCCOCC(=O)On1c(O)ccc1O)OCCOC(=O)CC(=O)ON1C(=O)CCC1=O. The summed E-state index contributed by atoms with van der Waals surface area (Å²) in [4.78, 5) is 339. The summed E-state index contributed by atoms with van der Waals surface area (Å²) in [5.41, 5.74) is 0. The number of nitrogens with zero attached hydrogens (tertiary/aromatic N) is 8. The van der Waals surface area contributed by atoms with Crippen molar-refractivity contribution in [3.05, 3.63) is 24.3 Å². The Morgan fingerprint density at radius 1 is 0.215 bits per heavy atom. The molecule has 6 aliphatic rings. The Bertz CT molecular complexity index is 4740. The third-order valence-electron chi connectivity index (χ3n) is 19.2. The highest BCUT2D eigenvalue weighted by Gasteiger charge is 2.42. The summed E-state index contributed by atoms with van der Waals surface area (Å²) in [6.07, 6.45) is -17.3. The van der Waals surface area contributed by atoms with E-state index in [0.29, 0.717) is 9.46 Å². The maximum Gasteiger partial charge on any atom is 0.358 e. The van der Waals surface area contributed by atoms with Crippen LogP contribution < -0.4 is 9.68 Å². The zero-order valence-corrected chi connectivity index (χ0v) is 76.7. The van der Waals surface area contributed by atoms with Crippen molar-refractivity contribution in [3.63, 3.8) is 0 Å². The standard InChI is InChI=1S/C82H102N8O54/c91-53-3-4-54(92)83(53)137-73(111)37-69(107)131-29-25-122-44-52(130-32-34-133-71(109)39-75(113)139-85-57(95)7-8-58(85)96)82(136-36-35-134-72(110)40-76(114)140-86-59(97)9-10-60(86)98)50(129-31-33-132-70(108)38-74(112)138-84-55(93)5-6-56(84)94)42-120-20-2-1-19-119-41-49(127-27-23-124-46-78(116)142-88-63(101)13-14-64(88)102)81(135-30-26-126-48-80(118)144-90-67(105)17-18-68(90)106)51(128-28-24-125-47-79(117)143-89-65(103)15-16-66(89)104)43-121-21-22-123-45-77(115)141-87-61(99)11-12-62(87)100/h11-12,15-16,49-52,81-82,99-100,103-104H,1-10,13-14,17-48H2. The molecule has 6 fully saturated rings. The Balaban J connectivity index is 1.04. The number of unbranched alkanes of at least 4 members (excludes halogenated alkanes) is 1. The van der Waals surface area contributed by atoms with Crippen LogP contribution in [0.1, 0.15) is 116 Å². The number of aromatic hydroxyl groups is 4. The Morgan fingerprint density at radius 2 is 0.396 bits per heavy atom. The van der Waals surface area contributed by atoms with Crippen molar-refractivity contribution in [1.29, 1.82) is 0 Å². The molecule has 2 aromatic heterocycles. The average Bonchev–Trinajstić information content (AvgIpc) is 1.84. The van der Waals surface area contributed by atoms with E-state index in [1.807, 2.05) is 0 Å². The van der Waals surface area contributed by atoms with Gasteiger partial charge in [-0.2, -0.15) is 0 Å². The van der Waals surface area contributed by atoms with Gasteiger partial charge in [0.25, 0.3) is 70.9 Å². The lowest BCUT2D eigenvalue weighted by molar-refractivity contribution is -0.202. The second kappa shape index (κ2) is 60.8. The van der Waals surface area contributed by atoms with E-state index in [1.54, 1.807) is 0 Å². The van der Waals surface area contributed by atoms with Gasteiger partial charge in [0.05, 0.1) is 106 Å². The largest absolute Gasteiger partial charge is 0.492 e. The maximum atomic E-state index is 13.1. The van der Waals surface area contributed by atoms with E-state index in [4.69, 9.17) is 124 Å². The second-order valence-corrected chi connectivity index (χ2v) is 30.0. The topological polar surface area (TPSA) is 760 Å². The molecule has 144 heavy (non-hydrogen) atoms. The Kier molecular flexibility index (Phi) is 48.6. The van der Waals surface area contributed by atoms with Crippen LogP contribution in [0.4, 0.5) is 0 Å². The molecule has 6 aliphatic heterocycles. The molecule has 0 saturated carbocycles. The lowest BCUT2D eigenvalue weighted by atomic mass is 10.1. The number of hydroxylamine groups is 12. The van der Waals surface area contributed by atoms with E-state index < -0.39 is 374 Å². The van der Waals surface area contributed by atoms with Crippen molar-refractivity contribution in [3.8, 4) is 23.5 Å². The summed E-state index contributed by atoms with van der Waals surface area (Å²) in [5.74, 6) is -28.3. The Morgan fingerprint density at radius 3 is 0.646 bits per heavy atom. The molecule has 6 unspecified atom stereocenters. The van der Waals surface area contributed by atoms with Gasteiger partial charge in [-0.25, -0.2) is 38.4 Å². The van der Waals surface area contributed by atoms with Crippen molar-refractivity contribution in [2.75, 3.05) is 172 Å². The molecule has 0 bridgehead atoms. The van der Waals surface area contributed by atoms with Crippen LogP contribution in [0.15, 0.2) is 24.3 Å². The van der Waals surface area contributed by atoms with Gasteiger partial charge in [0.1, 0.15) is 115 Å². The highest BCUT2D eigenvalue weighted by atomic mass is 16.8. The molecule has 2 aromatic rings. The van der Waals surface area contributed by atoms with Crippen LogP contribution in [-0.4, -0.2) is 411 Å². The molecule has 0 aliphatic carbocycles. The highest BCUT2D eigenvalue weighted by molar-refractivity contribution is 6.06. The summed E-state index contributed by atoms with van der Waals surface area (Å²) in [7, 11) is 0. The predicted octanol–water partition coefficient (Wildman–Crippen LogP) is -6.68. The van der Waals surface area contributed by atoms with Crippen molar-refractivity contribution in [2.45, 2.75) is 152 Å². The molecule has 62 heteroatoms. The zero-order chi connectivity index (χ0) is 105. The van der Waals surface area contributed by atoms with Crippen LogP contribution in [0.3, 0.4) is 0 Å². The van der Waals surface area contributed by atoms with Gasteiger partial charge in [0.2, 0.25) is 23.5 Å². The number of carbonyl (C=O) groups is 24. The van der Waals surface area contributed by atoms with Gasteiger partial charge in [0, 0.05) is 115 Å². The fourth-order valence-electron chi connectivity index (χ4n) is 12.5. The first-order valence-electron chi connectivity index (χ1n) is 44.0.